The zero-order valence-corrected chi connectivity index (χ0v) is 19.4. The van der Waals surface area contributed by atoms with Gasteiger partial charge in [0.1, 0.15) is 13.2 Å². The van der Waals surface area contributed by atoms with E-state index in [0.717, 1.165) is 24.0 Å². The van der Waals surface area contributed by atoms with Crippen molar-refractivity contribution < 1.29 is 24.5 Å². The average Bonchev–Trinajstić information content (AvgIpc) is 2.89. The Hall–Kier alpha value is -3.35. The zero-order chi connectivity index (χ0) is 24.0. The molecule has 0 spiro atoms. The van der Waals surface area contributed by atoms with E-state index in [4.69, 9.17) is 14.6 Å². The molecule has 3 aromatic carbocycles. The van der Waals surface area contributed by atoms with Gasteiger partial charge in [0.25, 0.3) is 5.91 Å². The fourth-order valence-corrected chi connectivity index (χ4v) is 3.57. The number of amides is 1. The Morgan fingerprint density at radius 2 is 1.41 bits per heavy atom. The van der Waals surface area contributed by atoms with Crippen molar-refractivity contribution in [2.45, 2.75) is 44.9 Å². The molecular weight excluding hydrogens is 430 g/mol. The molecule has 0 fully saturated rings. The lowest BCUT2D eigenvalue weighted by atomic mass is 10.1. The predicted octanol–water partition coefficient (Wildman–Crippen LogP) is 4.49. The number of hydrogen-bond donors (Lipinski definition) is 3. The summed E-state index contributed by atoms with van der Waals surface area (Å²) in [5, 5.41) is 21.6. The highest BCUT2D eigenvalue weighted by atomic mass is 16.5. The molecule has 34 heavy (non-hydrogen) atoms. The van der Waals surface area contributed by atoms with E-state index >= 15 is 0 Å². The van der Waals surface area contributed by atoms with Gasteiger partial charge in [0.2, 0.25) is 0 Å². The van der Waals surface area contributed by atoms with Crippen LogP contribution in [0, 0.1) is 0 Å². The maximum Gasteiger partial charge on any atom is 0.255 e. The second-order valence-electron chi connectivity index (χ2n) is 8.11. The average molecular weight is 464 g/mol. The molecule has 0 heterocycles. The number of nitrogens with one attached hydrogen (secondary N) is 1. The molecule has 3 N–H and O–H groups in total. The van der Waals surface area contributed by atoms with Gasteiger partial charge < -0.3 is 25.0 Å². The summed E-state index contributed by atoms with van der Waals surface area (Å²) >= 11 is 0. The van der Waals surface area contributed by atoms with Gasteiger partial charge in [-0.3, -0.25) is 4.79 Å². The lowest BCUT2D eigenvalue weighted by Crippen LogP contribution is -2.37. The van der Waals surface area contributed by atoms with Gasteiger partial charge in [-0.25, -0.2) is 0 Å². The van der Waals surface area contributed by atoms with Crippen LogP contribution in [0.5, 0.6) is 11.5 Å². The minimum Gasteiger partial charge on any atom is -0.485 e. The van der Waals surface area contributed by atoms with Crippen molar-refractivity contribution in [3.05, 3.63) is 95.6 Å². The molecule has 3 rings (SSSR count). The summed E-state index contributed by atoms with van der Waals surface area (Å²) in [7, 11) is 0. The molecule has 1 unspecified atom stereocenters. The quantitative estimate of drug-likeness (QED) is 0.307. The van der Waals surface area contributed by atoms with Gasteiger partial charge in [0, 0.05) is 6.61 Å². The van der Waals surface area contributed by atoms with Crippen LogP contribution in [-0.4, -0.2) is 35.4 Å². The first-order chi connectivity index (χ1) is 16.7. The summed E-state index contributed by atoms with van der Waals surface area (Å²) in [6, 6.07) is 24.4. The highest BCUT2D eigenvalue weighted by Crippen LogP contribution is 2.33. The normalized spacial score (nSPS) is 11.6. The number of benzene rings is 3. The SMILES string of the molecule is O=C(NC(CO)CCCCCO)c1cccc(OCc2ccccc2)c1OCc1ccccc1. The smallest absolute Gasteiger partial charge is 0.255 e. The molecule has 6 nitrogen and oxygen atoms in total. The predicted molar refractivity (Wildman–Crippen MR) is 132 cm³/mol. The van der Waals surface area contributed by atoms with Gasteiger partial charge in [0.15, 0.2) is 11.5 Å². The van der Waals surface area contributed by atoms with Crippen molar-refractivity contribution in [1.29, 1.82) is 0 Å². The number of carbonyl (C=O) groups is 1. The van der Waals surface area contributed by atoms with Crippen LogP contribution in [0.1, 0.15) is 47.2 Å². The van der Waals surface area contributed by atoms with Crippen LogP contribution in [0.15, 0.2) is 78.9 Å². The molecule has 6 heteroatoms. The van der Waals surface area contributed by atoms with Gasteiger partial charge in [-0.05, 0) is 36.1 Å². The summed E-state index contributed by atoms with van der Waals surface area (Å²) in [6.45, 7) is 0.623. The van der Waals surface area contributed by atoms with Crippen LogP contribution in [0.2, 0.25) is 0 Å². The van der Waals surface area contributed by atoms with E-state index in [0.29, 0.717) is 36.5 Å². The molecule has 0 bridgehead atoms. The van der Waals surface area contributed by atoms with Gasteiger partial charge in [0.05, 0.1) is 18.2 Å². The van der Waals surface area contributed by atoms with Crippen molar-refractivity contribution in [1.82, 2.24) is 5.32 Å². The summed E-state index contributed by atoms with van der Waals surface area (Å²) in [6.07, 6.45) is 3.00. The summed E-state index contributed by atoms with van der Waals surface area (Å²) in [5.74, 6) is 0.530. The van der Waals surface area contributed by atoms with Gasteiger partial charge in [-0.1, -0.05) is 79.6 Å². The number of para-hydroxylation sites is 1. The standard InChI is InChI=1S/C28H33NO5/c30-18-9-3-8-15-24(19-31)29-28(32)25-16-10-17-26(33-20-22-11-4-1-5-12-22)27(25)34-21-23-13-6-2-7-14-23/h1-2,4-7,10-14,16-17,24,30-31H,3,8-9,15,18-21H2,(H,29,32). The Balaban J connectivity index is 1.77. The van der Waals surface area contributed by atoms with E-state index in [2.05, 4.69) is 5.32 Å². The monoisotopic (exact) mass is 463 g/mol. The third-order valence-electron chi connectivity index (χ3n) is 5.45. The largest absolute Gasteiger partial charge is 0.485 e. The maximum atomic E-state index is 13.2. The van der Waals surface area contributed by atoms with Crippen LogP contribution in [0.4, 0.5) is 0 Å². The van der Waals surface area contributed by atoms with E-state index in [1.54, 1.807) is 18.2 Å². The summed E-state index contributed by atoms with van der Waals surface area (Å²) in [4.78, 5) is 13.2. The van der Waals surface area contributed by atoms with Crippen LogP contribution >= 0.6 is 0 Å². The molecule has 1 amide bonds. The van der Waals surface area contributed by atoms with Gasteiger partial charge in [-0.2, -0.15) is 0 Å². The molecule has 0 aliphatic carbocycles. The number of unbranched alkanes of at least 4 members (excludes halogenated alkanes) is 2. The topological polar surface area (TPSA) is 88.0 Å². The number of aliphatic hydroxyl groups excluding tert-OH is 2. The molecule has 0 radical (unpaired) electrons. The molecule has 0 aromatic heterocycles. The van der Waals surface area contributed by atoms with Crippen molar-refractivity contribution >= 4 is 5.91 Å². The first-order valence-corrected chi connectivity index (χ1v) is 11.7. The van der Waals surface area contributed by atoms with Crippen LogP contribution in [-0.2, 0) is 13.2 Å². The number of ether oxygens (including phenoxy) is 2. The fraction of sp³-hybridized carbons (Fsp3) is 0.321. The van der Waals surface area contributed by atoms with E-state index < -0.39 is 0 Å². The molecular formula is C28H33NO5. The second-order valence-corrected chi connectivity index (χ2v) is 8.11. The highest BCUT2D eigenvalue weighted by molar-refractivity contribution is 5.98. The van der Waals surface area contributed by atoms with Crippen LogP contribution < -0.4 is 14.8 Å². The Labute approximate surface area is 201 Å². The molecule has 0 saturated carbocycles. The first-order valence-electron chi connectivity index (χ1n) is 11.7. The second kappa shape index (κ2) is 14.0. The maximum absolute atomic E-state index is 13.2. The van der Waals surface area contributed by atoms with Crippen LogP contribution in [0.3, 0.4) is 0 Å². The third-order valence-corrected chi connectivity index (χ3v) is 5.45. The molecule has 3 aromatic rings. The first kappa shape index (κ1) is 25.3. The highest BCUT2D eigenvalue weighted by Gasteiger charge is 2.20. The van der Waals surface area contributed by atoms with Crippen molar-refractivity contribution in [2.24, 2.45) is 0 Å². The Kier molecular flexibility index (Phi) is 10.4. The number of aliphatic hydroxyl groups is 2. The molecule has 0 saturated heterocycles. The Bertz CT molecular complexity index is 994. The van der Waals surface area contributed by atoms with Crippen molar-refractivity contribution in [3.63, 3.8) is 0 Å². The van der Waals surface area contributed by atoms with Gasteiger partial charge >= 0.3 is 0 Å². The Morgan fingerprint density at radius 1 is 0.765 bits per heavy atom. The summed E-state index contributed by atoms with van der Waals surface area (Å²) in [5.41, 5.74) is 2.34. The lowest BCUT2D eigenvalue weighted by Gasteiger charge is -2.19. The van der Waals surface area contributed by atoms with Crippen molar-refractivity contribution in [2.75, 3.05) is 13.2 Å². The van der Waals surface area contributed by atoms with E-state index in [1.807, 2.05) is 60.7 Å². The third kappa shape index (κ3) is 7.90. The Morgan fingerprint density at radius 3 is 2.03 bits per heavy atom. The van der Waals surface area contributed by atoms with E-state index in [1.165, 1.54) is 0 Å². The number of hydrogen-bond acceptors (Lipinski definition) is 5. The number of carbonyl (C=O) groups excluding carboxylic acids is 1. The molecule has 1 atom stereocenters. The van der Waals surface area contributed by atoms with Crippen molar-refractivity contribution in [3.8, 4) is 11.5 Å². The molecule has 0 aliphatic heterocycles. The summed E-state index contributed by atoms with van der Waals surface area (Å²) < 4.78 is 12.2. The minimum absolute atomic E-state index is 0.147. The lowest BCUT2D eigenvalue weighted by molar-refractivity contribution is 0.0906. The van der Waals surface area contributed by atoms with E-state index in [-0.39, 0.29) is 31.8 Å². The fourth-order valence-electron chi connectivity index (χ4n) is 3.57. The van der Waals surface area contributed by atoms with E-state index in [9.17, 15) is 9.90 Å². The van der Waals surface area contributed by atoms with Crippen LogP contribution in [0.25, 0.3) is 0 Å². The number of rotatable bonds is 14. The zero-order valence-electron chi connectivity index (χ0n) is 19.4. The van der Waals surface area contributed by atoms with Gasteiger partial charge in [-0.15, -0.1) is 0 Å². The minimum atomic E-state index is -0.373. The molecule has 0 aliphatic rings. The molecule has 180 valence electrons.